The van der Waals surface area contributed by atoms with Gasteiger partial charge in [0.05, 0.1) is 13.0 Å². The zero-order valence-electron chi connectivity index (χ0n) is 24.1. The fourth-order valence-corrected chi connectivity index (χ4v) is 5.93. The first kappa shape index (κ1) is 29.5. The van der Waals surface area contributed by atoms with Gasteiger partial charge in [-0.1, -0.05) is 92.7 Å². The van der Waals surface area contributed by atoms with E-state index < -0.39 is 0 Å². The molecule has 40 heavy (non-hydrogen) atoms. The van der Waals surface area contributed by atoms with Crippen LogP contribution in [0.25, 0.3) is 11.1 Å². The van der Waals surface area contributed by atoms with Crippen molar-refractivity contribution in [2.75, 3.05) is 26.2 Å². The van der Waals surface area contributed by atoms with Crippen molar-refractivity contribution in [2.24, 2.45) is 0 Å². The monoisotopic (exact) mass is 540 g/mol. The molecule has 0 aromatic heterocycles. The molecule has 1 saturated heterocycles. The van der Waals surface area contributed by atoms with Gasteiger partial charge < -0.3 is 15.0 Å². The van der Waals surface area contributed by atoms with Crippen LogP contribution in [0.2, 0.25) is 0 Å². The van der Waals surface area contributed by atoms with Crippen LogP contribution in [-0.2, 0) is 14.9 Å². The SMILES string of the molecule is CCCOC(=O)CC(CC)(CCCN1CCC(NC(=O)c2ccccc2-c2ccccc2)CC1)c1ccccc1. The number of benzene rings is 3. The summed E-state index contributed by atoms with van der Waals surface area (Å²) >= 11 is 0. The van der Waals surface area contributed by atoms with E-state index in [9.17, 15) is 9.59 Å². The number of nitrogens with zero attached hydrogens (tertiary/aromatic N) is 1. The topological polar surface area (TPSA) is 58.6 Å². The van der Waals surface area contributed by atoms with E-state index in [0.29, 0.717) is 13.0 Å². The largest absolute Gasteiger partial charge is 0.466 e. The Bertz CT molecular complexity index is 1210. The molecule has 0 aliphatic carbocycles. The number of carbonyl (C=O) groups is 2. The van der Waals surface area contributed by atoms with Gasteiger partial charge in [-0.3, -0.25) is 9.59 Å². The van der Waals surface area contributed by atoms with E-state index in [1.165, 1.54) is 5.56 Å². The second kappa shape index (κ2) is 14.8. The number of hydrogen-bond donors (Lipinski definition) is 1. The third kappa shape index (κ3) is 7.82. The van der Waals surface area contributed by atoms with Crippen LogP contribution in [0, 0.1) is 0 Å². The van der Waals surface area contributed by atoms with Crippen LogP contribution in [0.4, 0.5) is 0 Å². The van der Waals surface area contributed by atoms with Crippen molar-refractivity contribution in [3.05, 3.63) is 96.1 Å². The van der Waals surface area contributed by atoms with Crippen LogP contribution in [0.5, 0.6) is 0 Å². The summed E-state index contributed by atoms with van der Waals surface area (Å²) in [7, 11) is 0. The number of nitrogens with one attached hydrogen (secondary N) is 1. The van der Waals surface area contributed by atoms with Gasteiger partial charge in [-0.2, -0.15) is 0 Å². The Morgan fingerprint density at radius 2 is 1.55 bits per heavy atom. The van der Waals surface area contributed by atoms with Crippen LogP contribution < -0.4 is 5.32 Å². The first-order valence-electron chi connectivity index (χ1n) is 14.9. The van der Waals surface area contributed by atoms with Gasteiger partial charge in [0.15, 0.2) is 0 Å². The molecule has 1 unspecified atom stereocenters. The maximum Gasteiger partial charge on any atom is 0.306 e. The van der Waals surface area contributed by atoms with Crippen molar-refractivity contribution in [3.63, 3.8) is 0 Å². The molecule has 1 atom stereocenters. The molecule has 212 valence electrons. The molecule has 0 saturated carbocycles. The third-order valence-corrected chi connectivity index (χ3v) is 8.32. The molecule has 0 bridgehead atoms. The van der Waals surface area contributed by atoms with Crippen LogP contribution in [0.15, 0.2) is 84.9 Å². The summed E-state index contributed by atoms with van der Waals surface area (Å²) in [5, 5.41) is 3.30. The number of carbonyl (C=O) groups excluding carboxylic acids is 2. The number of esters is 1. The first-order chi connectivity index (χ1) is 19.5. The molecule has 0 radical (unpaired) electrons. The molecule has 1 aliphatic rings. The molecule has 1 amide bonds. The Morgan fingerprint density at radius 1 is 0.900 bits per heavy atom. The van der Waals surface area contributed by atoms with Crippen LogP contribution in [-0.4, -0.2) is 49.1 Å². The molecule has 1 aliphatic heterocycles. The van der Waals surface area contributed by atoms with Crippen molar-refractivity contribution >= 4 is 11.9 Å². The highest BCUT2D eigenvalue weighted by atomic mass is 16.5. The van der Waals surface area contributed by atoms with Crippen molar-refractivity contribution in [1.82, 2.24) is 10.2 Å². The average Bonchev–Trinajstić information content (AvgIpc) is 3.01. The molecule has 0 spiro atoms. The predicted octanol–water partition coefficient (Wildman–Crippen LogP) is 7.02. The lowest BCUT2D eigenvalue weighted by atomic mass is 9.72. The summed E-state index contributed by atoms with van der Waals surface area (Å²) in [6.07, 6.45) is 6.02. The molecule has 5 heteroatoms. The van der Waals surface area contributed by atoms with Crippen LogP contribution in [0.1, 0.15) is 74.7 Å². The molecule has 1 heterocycles. The van der Waals surface area contributed by atoms with E-state index in [1.807, 2.05) is 67.6 Å². The van der Waals surface area contributed by atoms with Crippen molar-refractivity contribution in [3.8, 4) is 11.1 Å². The van der Waals surface area contributed by atoms with Gasteiger partial charge in [-0.05, 0) is 67.8 Å². The molecule has 3 aromatic rings. The van der Waals surface area contributed by atoms with Gasteiger partial charge in [-0.25, -0.2) is 0 Å². The number of hydrogen-bond acceptors (Lipinski definition) is 4. The second-order valence-electron chi connectivity index (χ2n) is 11.0. The van der Waals surface area contributed by atoms with Gasteiger partial charge >= 0.3 is 5.97 Å². The fourth-order valence-electron chi connectivity index (χ4n) is 5.93. The average molecular weight is 541 g/mol. The normalized spacial score (nSPS) is 15.8. The zero-order chi connectivity index (χ0) is 28.2. The Kier molecular flexibility index (Phi) is 10.9. The third-order valence-electron chi connectivity index (χ3n) is 8.32. The van der Waals surface area contributed by atoms with Gasteiger partial charge in [0, 0.05) is 30.1 Å². The molecule has 4 rings (SSSR count). The summed E-state index contributed by atoms with van der Waals surface area (Å²) < 4.78 is 5.49. The highest BCUT2D eigenvalue weighted by molar-refractivity contribution is 6.01. The number of ether oxygens (including phenoxy) is 1. The van der Waals surface area contributed by atoms with E-state index in [-0.39, 0.29) is 23.3 Å². The Hall–Kier alpha value is -3.44. The summed E-state index contributed by atoms with van der Waals surface area (Å²) in [5.74, 6) is -0.0959. The van der Waals surface area contributed by atoms with Gasteiger partial charge in [0.2, 0.25) is 0 Å². The van der Waals surface area contributed by atoms with Crippen LogP contribution in [0.3, 0.4) is 0 Å². The maximum absolute atomic E-state index is 13.2. The van der Waals surface area contributed by atoms with E-state index >= 15 is 0 Å². The smallest absolute Gasteiger partial charge is 0.306 e. The maximum atomic E-state index is 13.2. The van der Waals surface area contributed by atoms with Crippen molar-refractivity contribution < 1.29 is 14.3 Å². The minimum Gasteiger partial charge on any atom is -0.466 e. The quantitative estimate of drug-likeness (QED) is 0.237. The Balaban J connectivity index is 1.30. The highest BCUT2D eigenvalue weighted by Gasteiger charge is 2.33. The summed E-state index contributed by atoms with van der Waals surface area (Å²) in [5.41, 5.74) is 3.77. The highest BCUT2D eigenvalue weighted by Crippen LogP contribution is 2.37. The number of amides is 1. The van der Waals surface area contributed by atoms with Crippen LogP contribution >= 0.6 is 0 Å². The predicted molar refractivity (Wildman–Crippen MR) is 162 cm³/mol. The number of rotatable bonds is 13. The van der Waals surface area contributed by atoms with E-state index in [1.54, 1.807) is 0 Å². The second-order valence-corrected chi connectivity index (χ2v) is 11.0. The molecular formula is C35H44N2O3. The van der Waals surface area contributed by atoms with E-state index in [0.717, 1.165) is 74.8 Å². The minimum absolute atomic E-state index is 0.00320. The summed E-state index contributed by atoms with van der Waals surface area (Å²) in [6, 6.07) is 28.6. The van der Waals surface area contributed by atoms with E-state index in [2.05, 4.69) is 41.4 Å². The van der Waals surface area contributed by atoms with Crippen molar-refractivity contribution in [1.29, 1.82) is 0 Å². The minimum atomic E-state index is -0.204. The Labute approximate surface area is 239 Å². The summed E-state index contributed by atoms with van der Waals surface area (Å²) in [4.78, 5) is 28.4. The molecular weight excluding hydrogens is 496 g/mol. The molecule has 5 nitrogen and oxygen atoms in total. The molecule has 1 fully saturated rings. The lowest BCUT2D eigenvalue weighted by Gasteiger charge is -2.35. The zero-order valence-corrected chi connectivity index (χ0v) is 24.1. The van der Waals surface area contributed by atoms with Gasteiger partial charge in [0.1, 0.15) is 0 Å². The summed E-state index contributed by atoms with van der Waals surface area (Å²) in [6.45, 7) is 7.62. The standard InChI is InChI=1S/C35H44N2O3/c1-3-26-40-33(38)27-35(4-2,29-16-9-6-10-17-29)22-13-23-37-24-20-30(21-25-37)36-34(39)32-19-12-11-18-31(32)28-14-7-5-8-15-28/h5-12,14-19,30H,3-4,13,20-27H2,1-2H3,(H,36,39). The number of piperidine rings is 1. The molecule has 3 aromatic carbocycles. The van der Waals surface area contributed by atoms with Gasteiger partial charge in [-0.15, -0.1) is 0 Å². The number of likely N-dealkylation sites (tertiary alicyclic amines) is 1. The lowest BCUT2D eigenvalue weighted by molar-refractivity contribution is -0.145. The van der Waals surface area contributed by atoms with Gasteiger partial charge in [0.25, 0.3) is 5.91 Å². The molecule has 1 N–H and O–H groups in total. The fraction of sp³-hybridized carbons (Fsp3) is 0.429. The lowest BCUT2D eigenvalue weighted by Crippen LogP contribution is -2.45. The first-order valence-corrected chi connectivity index (χ1v) is 14.9. The van der Waals surface area contributed by atoms with Crippen molar-refractivity contribution in [2.45, 2.75) is 70.3 Å². The van der Waals surface area contributed by atoms with E-state index in [4.69, 9.17) is 4.74 Å². The Morgan fingerprint density at radius 3 is 2.23 bits per heavy atom.